The van der Waals surface area contributed by atoms with Crippen molar-refractivity contribution in [2.75, 3.05) is 14.2 Å². The summed E-state index contributed by atoms with van der Waals surface area (Å²) in [6.07, 6.45) is 0. The van der Waals surface area contributed by atoms with E-state index in [9.17, 15) is 9.90 Å². The third-order valence-electron chi connectivity index (χ3n) is 3.32. The SMILES string of the molecule is COc1cccc(CNC(=O)c2ccc(C)cc2O)c1OC. The minimum absolute atomic E-state index is 0.0323. The van der Waals surface area contributed by atoms with Gasteiger partial charge >= 0.3 is 0 Å². The number of carbonyl (C=O) groups is 1. The fraction of sp³-hybridized carbons (Fsp3) is 0.235. The molecule has 2 rings (SSSR count). The van der Waals surface area contributed by atoms with Crippen molar-refractivity contribution in [1.82, 2.24) is 5.32 Å². The zero-order valence-corrected chi connectivity index (χ0v) is 12.8. The summed E-state index contributed by atoms with van der Waals surface area (Å²) in [5.41, 5.74) is 1.93. The maximum absolute atomic E-state index is 12.2. The lowest BCUT2D eigenvalue weighted by Gasteiger charge is -2.13. The first-order valence-corrected chi connectivity index (χ1v) is 6.84. The van der Waals surface area contributed by atoms with E-state index in [2.05, 4.69) is 5.32 Å². The smallest absolute Gasteiger partial charge is 0.255 e. The van der Waals surface area contributed by atoms with Gasteiger partial charge in [0.1, 0.15) is 5.75 Å². The number of amides is 1. The largest absolute Gasteiger partial charge is 0.507 e. The molecule has 0 bridgehead atoms. The van der Waals surface area contributed by atoms with Gasteiger partial charge in [0.15, 0.2) is 11.5 Å². The van der Waals surface area contributed by atoms with Gasteiger partial charge in [0.2, 0.25) is 0 Å². The normalized spacial score (nSPS) is 10.1. The van der Waals surface area contributed by atoms with E-state index < -0.39 is 0 Å². The van der Waals surface area contributed by atoms with E-state index in [-0.39, 0.29) is 23.8 Å². The summed E-state index contributed by atoms with van der Waals surface area (Å²) in [5, 5.41) is 12.6. The van der Waals surface area contributed by atoms with E-state index in [1.807, 2.05) is 19.1 Å². The first-order valence-electron chi connectivity index (χ1n) is 6.84. The van der Waals surface area contributed by atoms with Crippen molar-refractivity contribution in [3.63, 3.8) is 0 Å². The highest BCUT2D eigenvalue weighted by atomic mass is 16.5. The molecule has 0 atom stereocenters. The molecule has 5 heteroatoms. The van der Waals surface area contributed by atoms with Crippen LogP contribution < -0.4 is 14.8 Å². The van der Waals surface area contributed by atoms with Crippen molar-refractivity contribution in [3.05, 3.63) is 53.1 Å². The number of aryl methyl sites for hydroxylation is 1. The van der Waals surface area contributed by atoms with Crippen LogP contribution in [0.5, 0.6) is 17.2 Å². The minimum Gasteiger partial charge on any atom is -0.507 e. The van der Waals surface area contributed by atoms with E-state index in [1.54, 1.807) is 38.5 Å². The van der Waals surface area contributed by atoms with E-state index in [4.69, 9.17) is 9.47 Å². The maximum Gasteiger partial charge on any atom is 0.255 e. The van der Waals surface area contributed by atoms with Crippen LogP contribution in [0.15, 0.2) is 36.4 Å². The van der Waals surface area contributed by atoms with Crippen molar-refractivity contribution in [3.8, 4) is 17.2 Å². The molecule has 5 nitrogen and oxygen atoms in total. The van der Waals surface area contributed by atoms with Crippen molar-refractivity contribution in [2.24, 2.45) is 0 Å². The minimum atomic E-state index is -0.345. The summed E-state index contributed by atoms with van der Waals surface area (Å²) < 4.78 is 10.5. The van der Waals surface area contributed by atoms with Gasteiger partial charge in [0.05, 0.1) is 19.8 Å². The number of carbonyl (C=O) groups excluding carboxylic acids is 1. The number of methoxy groups -OCH3 is 2. The third kappa shape index (κ3) is 3.31. The number of nitrogens with one attached hydrogen (secondary N) is 1. The van der Waals surface area contributed by atoms with Crippen molar-refractivity contribution in [1.29, 1.82) is 0 Å². The van der Waals surface area contributed by atoms with Crippen LogP contribution in [0.1, 0.15) is 21.5 Å². The molecule has 0 aliphatic carbocycles. The van der Waals surface area contributed by atoms with Gasteiger partial charge < -0.3 is 19.9 Å². The molecule has 2 N–H and O–H groups in total. The number of hydrogen-bond acceptors (Lipinski definition) is 4. The van der Waals surface area contributed by atoms with Gasteiger partial charge in [-0.25, -0.2) is 0 Å². The van der Waals surface area contributed by atoms with Crippen LogP contribution in [-0.4, -0.2) is 25.2 Å². The van der Waals surface area contributed by atoms with E-state index in [0.29, 0.717) is 11.5 Å². The van der Waals surface area contributed by atoms with Crippen molar-refractivity contribution >= 4 is 5.91 Å². The molecule has 0 radical (unpaired) electrons. The Morgan fingerprint density at radius 1 is 1.18 bits per heavy atom. The number of aromatic hydroxyl groups is 1. The van der Waals surface area contributed by atoms with Crippen LogP contribution in [-0.2, 0) is 6.54 Å². The van der Waals surface area contributed by atoms with E-state index in [1.165, 1.54) is 0 Å². The number of benzene rings is 2. The van der Waals surface area contributed by atoms with Crippen LogP contribution in [0.2, 0.25) is 0 Å². The second-order valence-corrected chi connectivity index (χ2v) is 4.86. The molecular weight excluding hydrogens is 282 g/mol. The molecule has 0 unspecified atom stereocenters. The Bertz CT molecular complexity index is 682. The molecule has 0 aliphatic rings. The summed E-state index contributed by atoms with van der Waals surface area (Å²) in [6.45, 7) is 2.12. The lowest BCUT2D eigenvalue weighted by molar-refractivity contribution is 0.0948. The first-order chi connectivity index (χ1) is 10.6. The molecule has 22 heavy (non-hydrogen) atoms. The molecule has 2 aromatic rings. The van der Waals surface area contributed by atoms with Crippen LogP contribution in [0.3, 0.4) is 0 Å². The molecule has 0 fully saturated rings. The highest BCUT2D eigenvalue weighted by molar-refractivity contribution is 5.96. The van der Waals surface area contributed by atoms with E-state index >= 15 is 0 Å². The van der Waals surface area contributed by atoms with Crippen LogP contribution in [0.25, 0.3) is 0 Å². The highest BCUT2D eigenvalue weighted by Gasteiger charge is 2.13. The molecule has 2 aromatic carbocycles. The molecular formula is C17H19NO4. The van der Waals surface area contributed by atoms with E-state index in [0.717, 1.165) is 11.1 Å². The Labute approximate surface area is 129 Å². The average Bonchev–Trinajstić information content (AvgIpc) is 2.51. The number of rotatable bonds is 5. The number of para-hydroxylation sites is 1. The Morgan fingerprint density at radius 2 is 1.95 bits per heavy atom. The predicted octanol–water partition coefficient (Wildman–Crippen LogP) is 2.65. The number of ether oxygens (including phenoxy) is 2. The lowest BCUT2D eigenvalue weighted by Crippen LogP contribution is -2.23. The summed E-state index contributed by atoms with van der Waals surface area (Å²) in [7, 11) is 3.11. The highest BCUT2D eigenvalue weighted by Crippen LogP contribution is 2.30. The fourth-order valence-corrected chi connectivity index (χ4v) is 2.20. The molecule has 0 heterocycles. The molecule has 0 saturated heterocycles. The van der Waals surface area contributed by atoms with Gasteiger partial charge in [-0.15, -0.1) is 0 Å². The number of phenols is 1. The van der Waals surface area contributed by atoms with Gasteiger partial charge in [-0.3, -0.25) is 4.79 Å². The van der Waals surface area contributed by atoms with Gasteiger partial charge in [0.25, 0.3) is 5.91 Å². The quantitative estimate of drug-likeness (QED) is 0.891. The Balaban J connectivity index is 2.14. The Morgan fingerprint density at radius 3 is 2.59 bits per heavy atom. The number of phenolic OH excluding ortho intramolecular Hbond substituents is 1. The van der Waals surface area contributed by atoms with Crippen LogP contribution >= 0.6 is 0 Å². The summed E-state index contributed by atoms with van der Waals surface area (Å²) in [5.74, 6) is 0.809. The fourth-order valence-electron chi connectivity index (χ4n) is 2.20. The first kappa shape index (κ1) is 15.7. The second kappa shape index (κ2) is 6.85. The Hall–Kier alpha value is -2.69. The van der Waals surface area contributed by atoms with Crippen LogP contribution in [0.4, 0.5) is 0 Å². The Kier molecular flexibility index (Phi) is 4.88. The van der Waals surface area contributed by atoms with Gasteiger partial charge in [-0.1, -0.05) is 18.2 Å². The van der Waals surface area contributed by atoms with Gasteiger partial charge in [0, 0.05) is 12.1 Å². The lowest BCUT2D eigenvalue weighted by atomic mass is 10.1. The molecule has 116 valence electrons. The molecule has 0 aliphatic heterocycles. The number of hydrogen-bond donors (Lipinski definition) is 2. The van der Waals surface area contributed by atoms with Crippen molar-refractivity contribution < 1.29 is 19.4 Å². The van der Waals surface area contributed by atoms with Crippen LogP contribution in [0, 0.1) is 6.92 Å². The predicted molar refractivity (Wildman–Crippen MR) is 83.6 cm³/mol. The second-order valence-electron chi connectivity index (χ2n) is 4.86. The monoisotopic (exact) mass is 301 g/mol. The summed E-state index contributed by atoms with van der Waals surface area (Å²) in [4.78, 5) is 12.2. The standard InChI is InChI=1S/C17H19NO4/c1-11-7-8-13(14(19)9-11)17(20)18-10-12-5-4-6-15(21-2)16(12)22-3/h4-9,19H,10H2,1-3H3,(H,18,20). The third-order valence-corrected chi connectivity index (χ3v) is 3.32. The average molecular weight is 301 g/mol. The molecule has 0 saturated carbocycles. The molecule has 1 amide bonds. The molecule has 0 spiro atoms. The maximum atomic E-state index is 12.2. The van der Waals surface area contributed by atoms with Gasteiger partial charge in [-0.05, 0) is 30.7 Å². The summed E-state index contributed by atoms with van der Waals surface area (Å²) in [6, 6.07) is 10.4. The topological polar surface area (TPSA) is 67.8 Å². The summed E-state index contributed by atoms with van der Waals surface area (Å²) >= 11 is 0. The zero-order chi connectivity index (χ0) is 16.1. The van der Waals surface area contributed by atoms with Gasteiger partial charge in [-0.2, -0.15) is 0 Å². The molecule has 0 aromatic heterocycles. The van der Waals surface area contributed by atoms with Crippen molar-refractivity contribution in [2.45, 2.75) is 13.5 Å². The zero-order valence-electron chi connectivity index (χ0n) is 12.8.